The van der Waals surface area contributed by atoms with Crippen LogP contribution in [0.2, 0.25) is 0 Å². The first-order valence-corrected chi connectivity index (χ1v) is 10.5. The lowest BCUT2D eigenvalue weighted by Gasteiger charge is -2.37. The SMILES string of the molecule is NCc1cccc(C(=O)N2CCN(c3ccccc3/C=C3/SC(=O)NC3=O)CC2)c1. The molecule has 3 amide bonds. The molecular formula is C22H22N4O3S. The van der Waals surface area contributed by atoms with Gasteiger partial charge in [0.2, 0.25) is 0 Å². The lowest BCUT2D eigenvalue weighted by Crippen LogP contribution is -2.49. The van der Waals surface area contributed by atoms with Crippen molar-refractivity contribution in [2.24, 2.45) is 5.73 Å². The zero-order valence-corrected chi connectivity index (χ0v) is 17.2. The van der Waals surface area contributed by atoms with Crippen molar-refractivity contribution in [1.29, 1.82) is 0 Å². The molecule has 7 nitrogen and oxygen atoms in total. The minimum absolute atomic E-state index is 0.0119. The van der Waals surface area contributed by atoms with Crippen LogP contribution >= 0.6 is 11.8 Å². The van der Waals surface area contributed by atoms with E-state index >= 15 is 0 Å². The summed E-state index contributed by atoms with van der Waals surface area (Å²) >= 11 is 0.910. The van der Waals surface area contributed by atoms with Crippen LogP contribution in [0.4, 0.5) is 10.5 Å². The molecule has 2 fully saturated rings. The van der Waals surface area contributed by atoms with Gasteiger partial charge in [0.1, 0.15) is 0 Å². The number of rotatable bonds is 4. The Morgan fingerprint density at radius 2 is 1.83 bits per heavy atom. The summed E-state index contributed by atoms with van der Waals surface area (Å²) < 4.78 is 0. The standard InChI is InChI=1S/C22H22N4O3S/c23-14-15-4-3-6-17(12-15)21(28)26-10-8-25(9-11-26)18-7-2-1-5-16(18)13-19-20(27)24-22(29)30-19/h1-7,12-13H,8-11,14,23H2,(H,24,27,29)/b19-13+. The summed E-state index contributed by atoms with van der Waals surface area (Å²) in [5, 5.41) is 1.93. The number of carbonyl (C=O) groups excluding carboxylic acids is 3. The van der Waals surface area contributed by atoms with Gasteiger partial charge in [0, 0.05) is 44.0 Å². The van der Waals surface area contributed by atoms with Crippen LogP contribution in [0.3, 0.4) is 0 Å². The molecule has 0 radical (unpaired) electrons. The predicted octanol–water partition coefficient (Wildman–Crippen LogP) is 2.43. The number of piperazine rings is 1. The van der Waals surface area contributed by atoms with E-state index in [4.69, 9.17) is 5.73 Å². The number of benzene rings is 2. The Morgan fingerprint density at radius 3 is 2.53 bits per heavy atom. The number of imide groups is 1. The molecule has 0 bridgehead atoms. The van der Waals surface area contributed by atoms with Gasteiger partial charge < -0.3 is 15.5 Å². The maximum Gasteiger partial charge on any atom is 0.290 e. The summed E-state index contributed by atoms with van der Waals surface area (Å²) in [6.07, 6.45) is 1.75. The van der Waals surface area contributed by atoms with Crippen LogP contribution in [0.5, 0.6) is 0 Å². The van der Waals surface area contributed by atoms with Crippen LogP contribution in [0.1, 0.15) is 21.5 Å². The number of amides is 3. The number of hydrogen-bond acceptors (Lipinski definition) is 6. The van der Waals surface area contributed by atoms with Crippen molar-refractivity contribution in [2.75, 3.05) is 31.1 Å². The first kappa shape index (κ1) is 20.2. The second-order valence-corrected chi connectivity index (χ2v) is 8.11. The molecule has 0 saturated carbocycles. The molecule has 2 saturated heterocycles. The summed E-state index contributed by atoms with van der Waals surface area (Å²) in [6, 6.07) is 15.2. The smallest absolute Gasteiger partial charge is 0.290 e. The molecule has 0 aromatic heterocycles. The van der Waals surface area contributed by atoms with Gasteiger partial charge in [-0.25, -0.2) is 0 Å². The van der Waals surface area contributed by atoms with Gasteiger partial charge >= 0.3 is 0 Å². The number of anilines is 1. The molecule has 2 heterocycles. The minimum atomic E-state index is -0.366. The van der Waals surface area contributed by atoms with Gasteiger partial charge in [0.05, 0.1) is 4.91 Å². The van der Waals surface area contributed by atoms with Gasteiger partial charge in [-0.3, -0.25) is 19.7 Å². The number of hydrogen-bond donors (Lipinski definition) is 2. The molecule has 0 spiro atoms. The third-order valence-electron chi connectivity index (χ3n) is 5.18. The van der Waals surface area contributed by atoms with Crippen LogP contribution in [0, 0.1) is 0 Å². The topological polar surface area (TPSA) is 95.7 Å². The van der Waals surface area contributed by atoms with Crippen LogP contribution in [-0.4, -0.2) is 48.1 Å². The number of nitrogens with one attached hydrogen (secondary N) is 1. The summed E-state index contributed by atoms with van der Waals surface area (Å²) in [5.41, 5.74) is 9.14. The largest absolute Gasteiger partial charge is 0.367 e. The van der Waals surface area contributed by atoms with Gasteiger partial charge in [-0.1, -0.05) is 30.3 Å². The van der Waals surface area contributed by atoms with Crippen molar-refractivity contribution < 1.29 is 14.4 Å². The molecule has 4 rings (SSSR count). The van der Waals surface area contributed by atoms with Crippen LogP contribution in [0.15, 0.2) is 53.4 Å². The van der Waals surface area contributed by atoms with E-state index in [2.05, 4.69) is 10.2 Å². The van der Waals surface area contributed by atoms with Gasteiger partial charge in [0.15, 0.2) is 0 Å². The van der Waals surface area contributed by atoms with Gasteiger partial charge in [-0.15, -0.1) is 0 Å². The monoisotopic (exact) mass is 422 g/mol. The van der Waals surface area contributed by atoms with E-state index in [-0.39, 0.29) is 17.1 Å². The van der Waals surface area contributed by atoms with Crippen LogP contribution in [0.25, 0.3) is 6.08 Å². The fourth-order valence-corrected chi connectivity index (χ4v) is 4.30. The molecule has 8 heteroatoms. The molecule has 2 aliphatic rings. The molecule has 2 aromatic rings. The Hall–Kier alpha value is -3.10. The normalized spacial score (nSPS) is 18.1. The fourth-order valence-electron chi connectivity index (χ4n) is 3.62. The van der Waals surface area contributed by atoms with E-state index < -0.39 is 0 Å². The molecule has 2 aliphatic heterocycles. The van der Waals surface area contributed by atoms with Crippen molar-refractivity contribution in [1.82, 2.24) is 10.2 Å². The Kier molecular flexibility index (Phi) is 5.87. The highest BCUT2D eigenvalue weighted by molar-refractivity contribution is 8.18. The number of nitrogens with zero attached hydrogens (tertiary/aromatic N) is 2. The molecule has 0 atom stereocenters. The highest BCUT2D eigenvalue weighted by atomic mass is 32.2. The van der Waals surface area contributed by atoms with Crippen molar-refractivity contribution in [3.63, 3.8) is 0 Å². The van der Waals surface area contributed by atoms with E-state index in [0.29, 0.717) is 43.2 Å². The van der Waals surface area contributed by atoms with E-state index in [1.165, 1.54) is 0 Å². The molecular weight excluding hydrogens is 400 g/mol. The summed E-state index contributed by atoms with van der Waals surface area (Å²) in [6.45, 7) is 2.97. The van der Waals surface area contributed by atoms with Crippen molar-refractivity contribution in [3.8, 4) is 0 Å². The molecule has 3 N–H and O–H groups in total. The maximum absolute atomic E-state index is 12.9. The van der Waals surface area contributed by atoms with Crippen LogP contribution in [-0.2, 0) is 11.3 Å². The average molecular weight is 423 g/mol. The first-order valence-electron chi connectivity index (χ1n) is 9.72. The quantitative estimate of drug-likeness (QED) is 0.735. The second kappa shape index (κ2) is 8.73. The first-order chi connectivity index (χ1) is 14.5. The molecule has 0 unspecified atom stereocenters. The number of thioether (sulfide) groups is 1. The maximum atomic E-state index is 12.9. The summed E-state index contributed by atoms with van der Waals surface area (Å²) in [4.78, 5) is 40.6. The summed E-state index contributed by atoms with van der Waals surface area (Å²) in [5.74, 6) is -0.354. The highest BCUT2D eigenvalue weighted by Crippen LogP contribution is 2.30. The predicted molar refractivity (Wildman–Crippen MR) is 118 cm³/mol. The molecule has 2 aromatic carbocycles. The van der Waals surface area contributed by atoms with E-state index in [0.717, 1.165) is 28.6 Å². The van der Waals surface area contributed by atoms with E-state index in [9.17, 15) is 14.4 Å². The van der Waals surface area contributed by atoms with Crippen molar-refractivity contribution in [2.45, 2.75) is 6.54 Å². The number of para-hydroxylation sites is 1. The Labute approximate surface area is 178 Å². The Morgan fingerprint density at radius 1 is 1.07 bits per heavy atom. The van der Waals surface area contributed by atoms with E-state index in [1.54, 1.807) is 6.08 Å². The zero-order chi connectivity index (χ0) is 21.1. The van der Waals surface area contributed by atoms with Crippen LogP contribution < -0.4 is 16.0 Å². The number of nitrogens with two attached hydrogens (primary N) is 1. The van der Waals surface area contributed by atoms with Crippen molar-refractivity contribution >= 4 is 40.6 Å². The van der Waals surface area contributed by atoms with E-state index in [1.807, 2.05) is 53.4 Å². The second-order valence-electron chi connectivity index (χ2n) is 7.09. The van der Waals surface area contributed by atoms with Gasteiger partial charge in [-0.05, 0) is 47.2 Å². The van der Waals surface area contributed by atoms with Crippen molar-refractivity contribution in [3.05, 3.63) is 70.1 Å². The zero-order valence-electron chi connectivity index (χ0n) is 16.3. The molecule has 154 valence electrons. The minimum Gasteiger partial charge on any atom is -0.367 e. The van der Waals surface area contributed by atoms with Gasteiger partial charge in [0.25, 0.3) is 17.1 Å². The van der Waals surface area contributed by atoms with Gasteiger partial charge in [-0.2, -0.15) is 0 Å². The fraction of sp³-hybridized carbons (Fsp3) is 0.227. The third kappa shape index (κ3) is 4.24. The third-order valence-corrected chi connectivity index (χ3v) is 5.99. The lowest BCUT2D eigenvalue weighted by atomic mass is 10.1. The number of carbonyl (C=O) groups is 3. The highest BCUT2D eigenvalue weighted by Gasteiger charge is 2.27. The Balaban J connectivity index is 1.47. The Bertz CT molecular complexity index is 1030. The molecule has 0 aliphatic carbocycles. The summed E-state index contributed by atoms with van der Waals surface area (Å²) in [7, 11) is 0. The average Bonchev–Trinajstić information content (AvgIpc) is 3.10. The molecule has 30 heavy (non-hydrogen) atoms. The lowest BCUT2D eigenvalue weighted by molar-refractivity contribution is -0.115.